The van der Waals surface area contributed by atoms with Crippen molar-refractivity contribution in [1.82, 2.24) is 0 Å². The number of benzene rings is 4. The fourth-order valence-electron chi connectivity index (χ4n) is 6.58. The van der Waals surface area contributed by atoms with Crippen LogP contribution in [0.4, 0.5) is 0 Å². The second kappa shape index (κ2) is 7.47. The molecule has 4 aromatic carbocycles. The molecular formula is C37H40. The molecule has 0 nitrogen and oxygen atoms in total. The Kier molecular flexibility index (Phi) is 4.89. The lowest BCUT2D eigenvalue weighted by Gasteiger charge is -2.33. The van der Waals surface area contributed by atoms with Crippen LogP contribution in [0.1, 0.15) is 101 Å². The molecule has 0 atom stereocenters. The minimum atomic E-state index is -0.305. The molecule has 0 unspecified atom stereocenters. The van der Waals surface area contributed by atoms with Gasteiger partial charge in [0.1, 0.15) is 0 Å². The van der Waals surface area contributed by atoms with E-state index in [2.05, 4.69) is 141 Å². The van der Waals surface area contributed by atoms with Crippen molar-refractivity contribution < 1.29 is 0 Å². The van der Waals surface area contributed by atoms with Gasteiger partial charge in [-0.1, -0.05) is 141 Å². The molecule has 4 aromatic rings. The van der Waals surface area contributed by atoms with Gasteiger partial charge < -0.3 is 0 Å². The van der Waals surface area contributed by atoms with Crippen LogP contribution in [0.25, 0.3) is 22.3 Å². The van der Waals surface area contributed by atoms with E-state index >= 15 is 0 Å². The Morgan fingerprint density at radius 1 is 0.378 bits per heavy atom. The lowest BCUT2D eigenvalue weighted by atomic mass is 9.68. The van der Waals surface area contributed by atoms with Gasteiger partial charge in [-0.3, -0.25) is 0 Å². The van der Waals surface area contributed by atoms with Gasteiger partial charge in [0.2, 0.25) is 0 Å². The van der Waals surface area contributed by atoms with E-state index in [1.807, 2.05) is 0 Å². The van der Waals surface area contributed by atoms with E-state index in [-0.39, 0.29) is 21.7 Å². The third kappa shape index (κ3) is 3.34. The Labute approximate surface area is 223 Å². The number of fused-ring (bicyclic) bond motifs is 10. The Bertz CT molecular complexity index is 1460. The molecule has 37 heavy (non-hydrogen) atoms. The molecule has 0 amide bonds. The van der Waals surface area contributed by atoms with Crippen LogP contribution in [0.3, 0.4) is 0 Å². The standard InChI is InChI=1S/C37H40/c1-34(2,3)23-14-17-27-26-12-10-11-13-30(26)37(31(27)20-23)32-21-24(35(4,5)6)15-18-28(32)29-19-16-25(22-33(29)37)36(7,8)9/h10-22H,1-9H3. The van der Waals surface area contributed by atoms with Crippen LogP contribution in [0.2, 0.25) is 0 Å². The van der Waals surface area contributed by atoms with Crippen LogP contribution >= 0.6 is 0 Å². The number of hydrogen-bond donors (Lipinski definition) is 0. The number of hydrogen-bond acceptors (Lipinski definition) is 0. The minimum Gasteiger partial charge on any atom is -0.0619 e. The smallest absolute Gasteiger partial charge is 0.0619 e. The van der Waals surface area contributed by atoms with Crippen LogP contribution in [-0.2, 0) is 21.7 Å². The molecule has 0 fully saturated rings. The van der Waals surface area contributed by atoms with Gasteiger partial charge in [-0.05, 0) is 77.4 Å². The van der Waals surface area contributed by atoms with E-state index in [0.717, 1.165) is 0 Å². The maximum absolute atomic E-state index is 2.53. The van der Waals surface area contributed by atoms with E-state index in [0.29, 0.717) is 0 Å². The first-order valence-corrected chi connectivity index (χ1v) is 13.8. The van der Waals surface area contributed by atoms with Crippen molar-refractivity contribution in [3.05, 3.63) is 118 Å². The molecule has 2 aliphatic rings. The van der Waals surface area contributed by atoms with Gasteiger partial charge in [0.05, 0.1) is 5.41 Å². The molecule has 0 saturated carbocycles. The maximum atomic E-state index is 2.53. The fourth-order valence-corrected chi connectivity index (χ4v) is 6.58. The molecule has 1 spiro atoms. The molecule has 0 heterocycles. The van der Waals surface area contributed by atoms with Gasteiger partial charge in [0.15, 0.2) is 0 Å². The molecule has 0 radical (unpaired) electrons. The van der Waals surface area contributed by atoms with Crippen molar-refractivity contribution >= 4 is 0 Å². The second-order valence-corrected chi connectivity index (χ2v) is 14.3. The molecule has 2 aliphatic carbocycles. The predicted molar refractivity (Wildman–Crippen MR) is 159 cm³/mol. The van der Waals surface area contributed by atoms with Crippen molar-refractivity contribution in [2.24, 2.45) is 0 Å². The third-order valence-corrected chi connectivity index (χ3v) is 8.78. The Morgan fingerprint density at radius 2 is 0.703 bits per heavy atom. The van der Waals surface area contributed by atoms with Crippen molar-refractivity contribution in [3.8, 4) is 22.3 Å². The summed E-state index contributed by atoms with van der Waals surface area (Å²) in [6.07, 6.45) is 0. The molecule has 188 valence electrons. The summed E-state index contributed by atoms with van der Waals surface area (Å²) < 4.78 is 0. The zero-order chi connectivity index (χ0) is 26.5. The number of rotatable bonds is 0. The van der Waals surface area contributed by atoms with Crippen LogP contribution in [0, 0.1) is 0 Å². The van der Waals surface area contributed by atoms with Gasteiger partial charge in [0, 0.05) is 0 Å². The molecule has 0 N–H and O–H groups in total. The van der Waals surface area contributed by atoms with E-state index < -0.39 is 0 Å². The SMILES string of the molecule is CC(C)(C)c1ccc2c(c1)C1(c3ccccc3-2)c2cc(C(C)(C)C)ccc2-c2ccc(C(C)(C)C)cc21. The fraction of sp³-hybridized carbons (Fsp3) is 0.351. The van der Waals surface area contributed by atoms with Crippen molar-refractivity contribution in [3.63, 3.8) is 0 Å². The largest absolute Gasteiger partial charge is 0.0725 e. The van der Waals surface area contributed by atoms with E-state index in [4.69, 9.17) is 0 Å². The summed E-state index contributed by atoms with van der Waals surface area (Å²) in [4.78, 5) is 0. The monoisotopic (exact) mass is 484 g/mol. The van der Waals surface area contributed by atoms with Gasteiger partial charge in [-0.15, -0.1) is 0 Å². The van der Waals surface area contributed by atoms with E-state index in [1.54, 1.807) is 0 Å². The predicted octanol–water partition coefficient (Wildman–Crippen LogP) is 9.92. The first kappa shape index (κ1) is 24.2. The van der Waals surface area contributed by atoms with Crippen LogP contribution < -0.4 is 0 Å². The minimum absolute atomic E-state index is 0.0791. The van der Waals surface area contributed by atoms with Gasteiger partial charge in [-0.2, -0.15) is 0 Å². The van der Waals surface area contributed by atoms with Gasteiger partial charge in [-0.25, -0.2) is 0 Å². The summed E-state index contributed by atoms with van der Waals surface area (Å²) in [7, 11) is 0. The summed E-state index contributed by atoms with van der Waals surface area (Å²) in [5, 5.41) is 0. The quantitative estimate of drug-likeness (QED) is 0.201. The summed E-state index contributed by atoms with van der Waals surface area (Å²) in [6, 6.07) is 31.0. The van der Waals surface area contributed by atoms with Gasteiger partial charge in [0.25, 0.3) is 0 Å². The van der Waals surface area contributed by atoms with Gasteiger partial charge >= 0.3 is 0 Å². The first-order chi connectivity index (χ1) is 17.2. The van der Waals surface area contributed by atoms with E-state index in [1.165, 1.54) is 61.2 Å². The highest BCUT2D eigenvalue weighted by molar-refractivity contribution is 5.95. The molecule has 0 saturated heterocycles. The molecular weight excluding hydrogens is 444 g/mol. The zero-order valence-corrected chi connectivity index (χ0v) is 24.0. The van der Waals surface area contributed by atoms with Crippen molar-refractivity contribution in [1.29, 1.82) is 0 Å². The highest BCUT2D eigenvalue weighted by Crippen LogP contribution is 2.63. The Balaban J connectivity index is 1.81. The van der Waals surface area contributed by atoms with Crippen LogP contribution in [0.15, 0.2) is 78.9 Å². The lowest BCUT2D eigenvalue weighted by Crippen LogP contribution is -2.28. The molecule has 0 bridgehead atoms. The zero-order valence-electron chi connectivity index (χ0n) is 24.0. The highest BCUT2D eigenvalue weighted by atomic mass is 14.5. The molecule has 6 rings (SSSR count). The second-order valence-electron chi connectivity index (χ2n) is 14.3. The third-order valence-electron chi connectivity index (χ3n) is 8.78. The topological polar surface area (TPSA) is 0 Å². The summed E-state index contributed by atoms with van der Waals surface area (Å²) in [5.41, 5.74) is 15.4. The molecule has 0 aromatic heterocycles. The van der Waals surface area contributed by atoms with Crippen LogP contribution in [0.5, 0.6) is 0 Å². The normalized spacial score (nSPS) is 15.4. The summed E-state index contributed by atoms with van der Waals surface area (Å²) >= 11 is 0. The highest BCUT2D eigenvalue weighted by Gasteiger charge is 2.52. The molecule has 0 aliphatic heterocycles. The first-order valence-electron chi connectivity index (χ1n) is 13.8. The van der Waals surface area contributed by atoms with Crippen LogP contribution in [-0.4, -0.2) is 0 Å². The summed E-state index contributed by atoms with van der Waals surface area (Å²) in [6.45, 7) is 21.0. The molecule has 0 heteroatoms. The summed E-state index contributed by atoms with van der Waals surface area (Å²) in [5.74, 6) is 0. The van der Waals surface area contributed by atoms with Crippen molar-refractivity contribution in [2.45, 2.75) is 84.0 Å². The van der Waals surface area contributed by atoms with Crippen molar-refractivity contribution in [2.75, 3.05) is 0 Å². The maximum Gasteiger partial charge on any atom is 0.0725 e. The Morgan fingerprint density at radius 3 is 1.05 bits per heavy atom. The average Bonchev–Trinajstić information content (AvgIpc) is 3.28. The van der Waals surface area contributed by atoms with E-state index in [9.17, 15) is 0 Å². The Hall–Kier alpha value is -3.12. The average molecular weight is 485 g/mol. The lowest BCUT2D eigenvalue weighted by molar-refractivity contribution is 0.584.